The van der Waals surface area contributed by atoms with Crippen molar-refractivity contribution in [2.75, 3.05) is 0 Å². The van der Waals surface area contributed by atoms with Crippen LogP contribution in [0.3, 0.4) is 0 Å². The summed E-state index contributed by atoms with van der Waals surface area (Å²) in [6.07, 6.45) is 3.34. The molecule has 84 valence electrons. The lowest BCUT2D eigenvalue weighted by atomic mass is 9.86. The van der Waals surface area contributed by atoms with Crippen molar-refractivity contribution in [3.05, 3.63) is 11.8 Å². The summed E-state index contributed by atoms with van der Waals surface area (Å²) >= 11 is 0. The van der Waals surface area contributed by atoms with E-state index in [0.29, 0.717) is 23.7 Å². The molecule has 1 saturated carbocycles. The molecule has 0 radical (unpaired) electrons. The first-order chi connectivity index (χ1) is 7.16. The van der Waals surface area contributed by atoms with Crippen molar-refractivity contribution < 1.29 is 9.52 Å². The van der Waals surface area contributed by atoms with Crippen molar-refractivity contribution in [3.63, 3.8) is 0 Å². The fourth-order valence-electron chi connectivity index (χ4n) is 1.95. The van der Waals surface area contributed by atoms with Crippen LogP contribution in [0.2, 0.25) is 0 Å². The SMILES string of the molecule is CC(O)c1nnc([C@H]2CC[C@H](N)CC2)o1. The van der Waals surface area contributed by atoms with Gasteiger partial charge in [-0.1, -0.05) is 0 Å². The molecule has 1 aromatic heterocycles. The topological polar surface area (TPSA) is 85.2 Å². The Kier molecular flexibility index (Phi) is 3.02. The molecular formula is C10H17N3O2. The van der Waals surface area contributed by atoms with Crippen molar-refractivity contribution in [3.8, 4) is 0 Å². The van der Waals surface area contributed by atoms with Gasteiger partial charge >= 0.3 is 0 Å². The third-order valence-electron chi connectivity index (χ3n) is 2.93. The summed E-state index contributed by atoms with van der Waals surface area (Å²) in [5.74, 6) is 1.28. The highest BCUT2D eigenvalue weighted by molar-refractivity contribution is 4.95. The van der Waals surface area contributed by atoms with Crippen LogP contribution in [0.25, 0.3) is 0 Å². The van der Waals surface area contributed by atoms with Crippen LogP contribution in [0, 0.1) is 0 Å². The first kappa shape index (κ1) is 10.6. The van der Waals surface area contributed by atoms with Crippen LogP contribution in [0.5, 0.6) is 0 Å². The molecule has 0 aromatic carbocycles. The largest absolute Gasteiger partial charge is 0.422 e. The van der Waals surface area contributed by atoms with Crippen molar-refractivity contribution >= 4 is 0 Å². The monoisotopic (exact) mass is 211 g/mol. The Morgan fingerprint density at radius 3 is 2.53 bits per heavy atom. The maximum atomic E-state index is 9.26. The normalized spacial score (nSPS) is 29.0. The molecule has 1 aromatic rings. The second-order valence-corrected chi connectivity index (χ2v) is 4.27. The average molecular weight is 211 g/mol. The minimum absolute atomic E-state index is 0.305. The molecular weight excluding hydrogens is 194 g/mol. The number of rotatable bonds is 2. The molecule has 1 aliphatic carbocycles. The van der Waals surface area contributed by atoms with Gasteiger partial charge in [-0.25, -0.2) is 0 Å². The molecule has 15 heavy (non-hydrogen) atoms. The van der Waals surface area contributed by atoms with E-state index in [0.717, 1.165) is 25.7 Å². The van der Waals surface area contributed by atoms with Crippen LogP contribution in [0.4, 0.5) is 0 Å². The van der Waals surface area contributed by atoms with Gasteiger partial charge < -0.3 is 15.3 Å². The van der Waals surface area contributed by atoms with E-state index in [-0.39, 0.29) is 0 Å². The summed E-state index contributed by atoms with van der Waals surface area (Å²) in [5.41, 5.74) is 5.82. The standard InChI is InChI=1S/C10H17N3O2/c1-6(14)9-12-13-10(15-9)7-2-4-8(11)5-3-7/h6-8,14H,2-5,11H2,1H3/t6?,7-,8-. The minimum Gasteiger partial charge on any atom is -0.422 e. The molecule has 1 aliphatic rings. The number of nitrogens with zero attached hydrogens (tertiary/aromatic N) is 2. The van der Waals surface area contributed by atoms with Crippen molar-refractivity contribution in [2.45, 2.75) is 50.7 Å². The molecule has 1 atom stereocenters. The Morgan fingerprint density at radius 1 is 1.33 bits per heavy atom. The fraction of sp³-hybridized carbons (Fsp3) is 0.800. The maximum Gasteiger partial charge on any atom is 0.244 e. The van der Waals surface area contributed by atoms with Crippen molar-refractivity contribution in [2.24, 2.45) is 5.73 Å². The van der Waals surface area contributed by atoms with Crippen LogP contribution in [-0.4, -0.2) is 21.3 Å². The van der Waals surface area contributed by atoms with E-state index in [1.165, 1.54) is 0 Å². The van der Waals surface area contributed by atoms with Gasteiger partial charge in [-0.15, -0.1) is 10.2 Å². The third kappa shape index (κ3) is 2.35. The van der Waals surface area contributed by atoms with Crippen LogP contribution in [0.1, 0.15) is 56.4 Å². The Hall–Kier alpha value is -0.940. The Labute approximate surface area is 88.7 Å². The van der Waals surface area contributed by atoms with Gasteiger partial charge in [0.05, 0.1) is 0 Å². The van der Waals surface area contributed by atoms with Gasteiger partial charge in [-0.05, 0) is 32.6 Å². The summed E-state index contributed by atoms with van der Waals surface area (Å²) in [6.45, 7) is 1.62. The zero-order valence-electron chi connectivity index (χ0n) is 8.89. The molecule has 1 fully saturated rings. The van der Waals surface area contributed by atoms with Crippen LogP contribution in [0.15, 0.2) is 4.42 Å². The molecule has 1 unspecified atom stereocenters. The van der Waals surface area contributed by atoms with Crippen LogP contribution in [-0.2, 0) is 0 Å². The van der Waals surface area contributed by atoms with Gasteiger partial charge in [0, 0.05) is 12.0 Å². The minimum atomic E-state index is -0.683. The highest BCUT2D eigenvalue weighted by atomic mass is 16.4. The van der Waals surface area contributed by atoms with Crippen molar-refractivity contribution in [1.82, 2.24) is 10.2 Å². The predicted octanol–water partition coefficient (Wildman–Crippen LogP) is 1.11. The summed E-state index contributed by atoms with van der Waals surface area (Å²) in [7, 11) is 0. The molecule has 5 nitrogen and oxygen atoms in total. The molecule has 3 N–H and O–H groups in total. The first-order valence-corrected chi connectivity index (χ1v) is 5.43. The highest BCUT2D eigenvalue weighted by Gasteiger charge is 2.25. The second-order valence-electron chi connectivity index (χ2n) is 4.27. The molecule has 5 heteroatoms. The first-order valence-electron chi connectivity index (χ1n) is 5.43. The van der Waals surface area contributed by atoms with Gasteiger partial charge in [0.25, 0.3) is 0 Å². The quantitative estimate of drug-likeness (QED) is 0.765. The summed E-state index contributed by atoms with van der Waals surface area (Å²) in [6, 6.07) is 0.320. The zero-order chi connectivity index (χ0) is 10.8. The van der Waals surface area contributed by atoms with E-state index >= 15 is 0 Å². The molecule has 0 saturated heterocycles. The van der Waals surface area contributed by atoms with Gasteiger partial charge in [-0.2, -0.15) is 0 Å². The maximum absolute atomic E-state index is 9.26. The summed E-state index contributed by atoms with van der Waals surface area (Å²) in [4.78, 5) is 0. The Morgan fingerprint density at radius 2 is 2.00 bits per heavy atom. The van der Waals surface area contributed by atoms with Gasteiger partial charge in [-0.3, -0.25) is 0 Å². The number of aliphatic hydroxyl groups excluding tert-OH is 1. The van der Waals surface area contributed by atoms with Crippen LogP contribution < -0.4 is 5.73 Å². The van der Waals surface area contributed by atoms with Gasteiger partial charge in [0.1, 0.15) is 6.10 Å². The molecule has 0 bridgehead atoms. The number of hydrogen-bond acceptors (Lipinski definition) is 5. The smallest absolute Gasteiger partial charge is 0.244 e. The number of aromatic nitrogens is 2. The van der Waals surface area contributed by atoms with Crippen LogP contribution >= 0.6 is 0 Å². The molecule has 0 aliphatic heterocycles. The lowest BCUT2D eigenvalue weighted by Gasteiger charge is -2.23. The lowest BCUT2D eigenvalue weighted by Crippen LogP contribution is -2.25. The Bertz CT molecular complexity index is 316. The van der Waals surface area contributed by atoms with Gasteiger partial charge in [0.2, 0.25) is 11.8 Å². The molecule has 1 heterocycles. The Balaban J connectivity index is 2.03. The number of aliphatic hydroxyl groups is 1. The lowest BCUT2D eigenvalue weighted by molar-refractivity contribution is 0.158. The van der Waals surface area contributed by atoms with E-state index in [1.807, 2.05) is 0 Å². The number of nitrogens with two attached hydrogens (primary N) is 1. The fourth-order valence-corrected chi connectivity index (χ4v) is 1.95. The average Bonchev–Trinajstić information content (AvgIpc) is 2.68. The predicted molar refractivity (Wildman–Crippen MR) is 54.1 cm³/mol. The van der Waals surface area contributed by atoms with Gasteiger partial charge in [0.15, 0.2) is 0 Å². The molecule has 0 amide bonds. The molecule has 2 rings (SSSR count). The summed E-state index contributed by atoms with van der Waals surface area (Å²) < 4.78 is 5.41. The van der Waals surface area contributed by atoms with E-state index in [1.54, 1.807) is 6.92 Å². The van der Waals surface area contributed by atoms with E-state index in [9.17, 15) is 5.11 Å². The third-order valence-corrected chi connectivity index (χ3v) is 2.93. The van der Waals surface area contributed by atoms with E-state index in [2.05, 4.69) is 10.2 Å². The molecule has 0 spiro atoms. The van der Waals surface area contributed by atoms with E-state index < -0.39 is 6.10 Å². The highest BCUT2D eigenvalue weighted by Crippen LogP contribution is 2.31. The summed E-state index contributed by atoms with van der Waals surface area (Å²) in [5, 5.41) is 17.0. The second kappa shape index (κ2) is 4.28. The van der Waals surface area contributed by atoms with E-state index in [4.69, 9.17) is 10.2 Å². The number of hydrogen-bond donors (Lipinski definition) is 2. The van der Waals surface area contributed by atoms with Crippen molar-refractivity contribution in [1.29, 1.82) is 0 Å². The zero-order valence-corrected chi connectivity index (χ0v) is 8.89.